The summed E-state index contributed by atoms with van der Waals surface area (Å²) in [4.78, 5) is 7.05. The monoisotopic (exact) mass is 280 g/mol. The second-order valence-electron chi connectivity index (χ2n) is 6.15. The summed E-state index contributed by atoms with van der Waals surface area (Å²) in [5.41, 5.74) is 0. The number of hydrogen-bond donors (Lipinski definition) is 1. The SMILES string of the molecule is CCCN(Cc1noc(CC(C)C)n1)C1CCNCC1. The van der Waals surface area contributed by atoms with E-state index in [4.69, 9.17) is 4.52 Å². The highest BCUT2D eigenvalue weighted by atomic mass is 16.5. The lowest BCUT2D eigenvalue weighted by molar-refractivity contribution is 0.149. The Labute approximate surface area is 122 Å². The second kappa shape index (κ2) is 7.74. The van der Waals surface area contributed by atoms with Crippen molar-refractivity contribution in [2.45, 2.75) is 59.0 Å². The minimum atomic E-state index is 0.555. The molecule has 5 heteroatoms. The van der Waals surface area contributed by atoms with E-state index >= 15 is 0 Å². The fourth-order valence-corrected chi connectivity index (χ4v) is 2.82. The molecule has 0 bridgehead atoms. The minimum Gasteiger partial charge on any atom is -0.339 e. The van der Waals surface area contributed by atoms with Crippen LogP contribution < -0.4 is 5.32 Å². The number of nitrogens with zero attached hydrogens (tertiary/aromatic N) is 3. The van der Waals surface area contributed by atoms with Crippen molar-refractivity contribution >= 4 is 0 Å². The molecule has 0 aromatic carbocycles. The van der Waals surface area contributed by atoms with Gasteiger partial charge in [-0.1, -0.05) is 25.9 Å². The smallest absolute Gasteiger partial charge is 0.226 e. The molecule has 20 heavy (non-hydrogen) atoms. The van der Waals surface area contributed by atoms with Crippen molar-refractivity contribution < 1.29 is 4.52 Å². The van der Waals surface area contributed by atoms with E-state index in [1.54, 1.807) is 0 Å². The van der Waals surface area contributed by atoms with E-state index in [2.05, 4.69) is 41.1 Å². The van der Waals surface area contributed by atoms with Gasteiger partial charge in [-0.25, -0.2) is 0 Å². The molecular formula is C15H28N4O. The predicted molar refractivity (Wildman–Crippen MR) is 79.4 cm³/mol. The maximum absolute atomic E-state index is 5.34. The van der Waals surface area contributed by atoms with Gasteiger partial charge in [0.1, 0.15) is 0 Å². The first-order chi connectivity index (χ1) is 9.69. The van der Waals surface area contributed by atoms with Crippen LogP contribution in [0.15, 0.2) is 4.52 Å². The number of piperidine rings is 1. The lowest BCUT2D eigenvalue weighted by atomic mass is 10.0. The molecular weight excluding hydrogens is 252 g/mol. The summed E-state index contributed by atoms with van der Waals surface area (Å²) in [5.74, 6) is 2.17. The summed E-state index contributed by atoms with van der Waals surface area (Å²) in [5, 5.41) is 7.57. The zero-order valence-electron chi connectivity index (χ0n) is 13.1. The first kappa shape index (κ1) is 15.4. The zero-order chi connectivity index (χ0) is 14.4. The van der Waals surface area contributed by atoms with Gasteiger partial charge in [0.25, 0.3) is 0 Å². The quantitative estimate of drug-likeness (QED) is 0.830. The number of rotatable bonds is 7. The van der Waals surface area contributed by atoms with E-state index in [-0.39, 0.29) is 0 Å². The molecule has 0 unspecified atom stereocenters. The molecule has 0 aliphatic carbocycles. The summed E-state index contributed by atoms with van der Waals surface area (Å²) in [6.07, 6.45) is 4.47. The minimum absolute atomic E-state index is 0.555. The van der Waals surface area contributed by atoms with Gasteiger partial charge < -0.3 is 9.84 Å². The van der Waals surface area contributed by atoms with Crippen LogP contribution >= 0.6 is 0 Å². The van der Waals surface area contributed by atoms with E-state index in [1.165, 1.54) is 19.3 Å². The molecule has 1 N–H and O–H groups in total. The average Bonchev–Trinajstić information content (AvgIpc) is 2.86. The molecule has 1 aromatic heterocycles. The molecule has 0 atom stereocenters. The second-order valence-corrected chi connectivity index (χ2v) is 6.15. The van der Waals surface area contributed by atoms with Crippen LogP contribution in [0.5, 0.6) is 0 Å². The average molecular weight is 280 g/mol. The number of aromatic nitrogens is 2. The Balaban J connectivity index is 1.94. The van der Waals surface area contributed by atoms with Crippen molar-refractivity contribution in [2.24, 2.45) is 5.92 Å². The van der Waals surface area contributed by atoms with Gasteiger partial charge in [-0.2, -0.15) is 4.98 Å². The molecule has 1 aliphatic rings. The maximum Gasteiger partial charge on any atom is 0.226 e. The molecule has 2 heterocycles. The molecule has 0 spiro atoms. The van der Waals surface area contributed by atoms with Gasteiger partial charge in [0, 0.05) is 12.5 Å². The van der Waals surface area contributed by atoms with E-state index in [9.17, 15) is 0 Å². The van der Waals surface area contributed by atoms with Gasteiger partial charge in [-0.15, -0.1) is 0 Å². The standard InChI is InChI=1S/C15H28N4O/c1-4-9-19(13-5-7-16-8-6-13)11-14-17-15(20-18-14)10-12(2)3/h12-13,16H,4-11H2,1-3H3. The molecule has 1 aromatic rings. The molecule has 0 saturated carbocycles. The van der Waals surface area contributed by atoms with Crippen molar-refractivity contribution in [1.29, 1.82) is 0 Å². The fourth-order valence-electron chi connectivity index (χ4n) is 2.82. The summed E-state index contributed by atoms with van der Waals surface area (Å²) in [7, 11) is 0. The molecule has 1 aliphatic heterocycles. The van der Waals surface area contributed by atoms with E-state index in [0.717, 1.165) is 44.3 Å². The first-order valence-corrected chi connectivity index (χ1v) is 7.95. The molecule has 0 radical (unpaired) electrons. The maximum atomic E-state index is 5.34. The first-order valence-electron chi connectivity index (χ1n) is 7.95. The van der Waals surface area contributed by atoms with Crippen molar-refractivity contribution in [3.8, 4) is 0 Å². The fraction of sp³-hybridized carbons (Fsp3) is 0.867. The van der Waals surface area contributed by atoms with Gasteiger partial charge in [0.15, 0.2) is 5.82 Å². The van der Waals surface area contributed by atoms with Crippen LogP contribution in [0.4, 0.5) is 0 Å². The van der Waals surface area contributed by atoms with Crippen LogP contribution in [0.1, 0.15) is 51.7 Å². The normalized spacial score (nSPS) is 17.2. The van der Waals surface area contributed by atoms with Gasteiger partial charge in [-0.05, 0) is 44.8 Å². The van der Waals surface area contributed by atoms with E-state index in [0.29, 0.717) is 12.0 Å². The Bertz CT molecular complexity index is 385. The lowest BCUT2D eigenvalue weighted by Gasteiger charge is -2.33. The van der Waals surface area contributed by atoms with Crippen LogP contribution in [-0.4, -0.2) is 40.7 Å². The van der Waals surface area contributed by atoms with Crippen LogP contribution in [0.2, 0.25) is 0 Å². The summed E-state index contributed by atoms with van der Waals surface area (Å²) >= 11 is 0. The van der Waals surface area contributed by atoms with E-state index < -0.39 is 0 Å². The molecule has 2 rings (SSSR count). The Morgan fingerprint density at radius 3 is 2.75 bits per heavy atom. The molecule has 114 valence electrons. The third-order valence-electron chi connectivity index (χ3n) is 3.77. The van der Waals surface area contributed by atoms with Crippen LogP contribution in [0.3, 0.4) is 0 Å². The third-order valence-corrected chi connectivity index (χ3v) is 3.77. The van der Waals surface area contributed by atoms with Gasteiger partial charge in [0.2, 0.25) is 5.89 Å². The van der Waals surface area contributed by atoms with Crippen molar-refractivity contribution in [3.05, 3.63) is 11.7 Å². The Kier molecular flexibility index (Phi) is 5.98. The molecule has 1 saturated heterocycles. The zero-order valence-corrected chi connectivity index (χ0v) is 13.1. The Morgan fingerprint density at radius 2 is 2.10 bits per heavy atom. The highest BCUT2D eigenvalue weighted by molar-refractivity contribution is 4.89. The highest BCUT2D eigenvalue weighted by Crippen LogP contribution is 2.15. The summed E-state index contributed by atoms with van der Waals surface area (Å²) < 4.78 is 5.34. The molecule has 1 fully saturated rings. The van der Waals surface area contributed by atoms with Crippen molar-refractivity contribution in [3.63, 3.8) is 0 Å². The molecule has 0 amide bonds. The van der Waals surface area contributed by atoms with Crippen LogP contribution in [0, 0.1) is 5.92 Å². The predicted octanol–water partition coefficient (Wildman–Crippen LogP) is 2.23. The Hall–Kier alpha value is -0.940. The molecule has 5 nitrogen and oxygen atoms in total. The summed E-state index contributed by atoms with van der Waals surface area (Å²) in [6.45, 7) is 10.7. The van der Waals surface area contributed by atoms with Crippen molar-refractivity contribution in [1.82, 2.24) is 20.4 Å². The topological polar surface area (TPSA) is 54.2 Å². The largest absolute Gasteiger partial charge is 0.339 e. The van der Waals surface area contributed by atoms with Crippen LogP contribution in [-0.2, 0) is 13.0 Å². The van der Waals surface area contributed by atoms with Gasteiger partial charge in [-0.3, -0.25) is 4.90 Å². The Morgan fingerprint density at radius 1 is 1.35 bits per heavy atom. The van der Waals surface area contributed by atoms with Gasteiger partial charge >= 0.3 is 0 Å². The van der Waals surface area contributed by atoms with Crippen LogP contribution in [0.25, 0.3) is 0 Å². The third kappa shape index (κ3) is 4.56. The summed E-state index contributed by atoms with van der Waals surface area (Å²) in [6, 6.07) is 0.656. The highest BCUT2D eigenvalue weighted by Gasteiger charge is 2.22. The van der Waals surface area contributed by atoms with Gasteiger partial charge in [0.05, 0.1) is 6.54 Å². The number of nitrogens with one attached hydrogen (secondary N) is 1. The van der Waals surface area contributed by atoms with E-state index in [1.807, 2.05) is 0 Å². The lowest BCUT2D eigenvalue weighted by Crippen LogP contribution is -2.43. The number of hydrogen-bond acceptors (Lipinski definition) is 5. The van der Waals surface area contributed by atoms with Crippen molar-refractivity contribution in [2.75, 3.05) is 19.6 Å².